The van der Waals surface area contributed by atoms with Gasteiger partial charge in [0.15, 0.2) is 5.96 Å². The summed E-state index contributed by atoms with van der Waals surface area (Å²) in [4.78, 5) is 9.53. The van der Waals surface area contributed by atoms with Crippen LogP contribution in [0.5, 0.6) is 0 Å². The van der Waals surface area contributed by atoms with Crippen molar-refractivity contribution in [2.24, 2.45) is 4.99 Å². The standard InChI is InChI=1S/C19H36N4OS.HI/c1-20-17(21-15-18(22(2)3)9-12-24-13-10-18)23-11-14-25-19(16-23)7-5-4-6-8-19;/h4-16H2,1-3H3,(H,20,21);1H. The molecule has 1 N–H and O–H groups in total. The van der Waals surface area contributed by atoms with Crippen molar-refractivity contribution in [3.05, 3.63) is 0 Å². The van der Waals surface area contributed by atoms with Gasteiger partial charge >= 0.3 is 0 Å². The van der Waals surface area contributed by atoms with Crippen LogP contribution in [0.3, 0.4) is 0 Å². The third kappa shape index (κ3) is 5.20. The van der Waals surface area contributed by atoms with Crippen LogP contribution >= 0.6 is 35.7 Å². The second-order valence-corrected chi connectivity index (χ2v) is 9.71. The smallest absolute Gasteiger partial charge is 0.193 e. The molecule has 0 amide bonds. The Labute approximate surface area is 181 Å². The van der Waals surface area contributed by atoms with Crippen LogP contribution in [0.15, 0.2) is 4.99 Å². The Balaban J connectivity index is 0.00000243. The molecular formula is C19H37IN4OS. The van der Waals surface area contributed by atoms with Crippen molar-refractivity contribution in [3.8, 4) is 0 Å². The number of thioether (sulfide) groups is 1. The maximum Gasteiger partial charge on any atom is 0.193 e. The zero-order valence-corrected chi connectivity index (χ0v) is 19.9. The first-order chi connectivity index (χ1) is 12.1. The molecular weight excluding hydrogens is 459 g/mol. The summed E-state index contributed by atoms with van der Waals surface area (Å²) in [7, 11) is 6.33. The highest BCUT2D eigenvalue weighted by Gasteiger charge is 2.39. The van der Waals surface area contributed by atoms with E-state index in [9.17, 15) is 0 Å². The zero-order chi connectivity index (χ0) is 17.8. The number of aliphatic imine (C=N–C) groups is 1. The molecule has 1 spiro atoms. The average Bonchev–Trinajstić information content (AvgIpc) is 2.64. The highest BCUT2D eigenvalue weighted by Crippen LogP contribution is 2.42. The highest BCUT2D eigenvalue weighted by atomic mass is 127. The molecule has 3 fully saturated rings. The van der Waals surface area contributed by atoms with Gasteiger partial charge in [0.05, 0.1) is 0 Å². The lowest BCUT2D eigenvalue weighted by Gasteiger charge is -2.47. The van der Waals surface area contributed by atoms with E-state index in [1.54, 1.807) is 0 Å². The number of nitrogens with zero attached hydrogens (tertiary/aromatic N) is 3. The van der Waals surface area contributed by atoms with Crippen LogP contribution in [0, 0.1) is 0 Å². The molecule has 3 aliphatic rings. The lowest BCUT2D eigenvalue weighted by Crippen LogP contribution is -2.59. The Bertz CT molecular complexity index is 457. The first-order valence-corrected chi connectivity index (χ1v) is 10.9. The fourth-order valence-electron chi connectivity index (χ4n) is 4.63. The van der Waals surface area contributed by atoms with Crippen LogP contribution < -0.4 is 5.32 Å². The Morgan fingerprint density at radius 3 is 2.46 bits per heavy atom. The minimum atomic E-state index is 0. The van der Waals surface area contributed by atoms with Crippen molar-refractivity contribution in [1.82, 2.24) is 15.1 Å². The summed E-state index contributed by atoms with van der Waals surface area (Å²) in [5.41, 5.74) is 0.182. The van der Waals surface area contributed by atoms with Crippen molar-refractivity contribution >= 4 is 41.7 Å². The van der Waals surface area contributed by atoms with Crippen LogP contribution in [0.4, 0.5) is 0 Å². The predicted molar refractivity (Wildman–Crippen MR) is 123 cm³/mol. The Hall–Kier alpha value is 0.270. The van der Waals surface area contributed by atoms with Crippen molar-refractivity contribution < 1.29 is 4.74 Å². The molecule has 0 unspecified atom stereocenters. The molecule has 3 rings (SSSR count). The molecule has 0 aromatic rings. The third-order valence-corrected chi connectivity index (χ3v) is 8.01. The lowest BCUT2D eigenvalue weighted by atomic mass is 9.87. The van der Waals surface area contributed by atoms with Gasteiger partial charge in [0, 0.05) is 55.9 Å². The van der Waals surface area contributed by atoms with Crippen molar-refractivity contribution in [3.63, 3.8) is 0 Å². The number of halogens is 1. The van der Waals surface area contributed by atoms with Gasteiger partial charge in [0.1, 0.15) is 0 Å². The normalized spacial score (nSPS) is 25.8. The van der Waals surface area contributed by atoms with Gasteiger partial charge in [-0.3, -0.25) is 4.99 Å². The van der Waals surface area contributed by atoms with Gasteiger partial charge in [-0.05, 0) is 39.8 Å². The predicted octanol–water partition coefficient (Wildman–Crippen LogP) is 3.04. The van der Waals surface area contributed by atoms with Crippen LogP contribution in [0.25, 0.3) is 0 Å². The maximum atomic E-state index is 5.60. The van der Waals surface area contributed by atoms with Crippen molar-refractivity contribution in [2.45, 2.75) is 55.2 Å². The first kappa shape index (κ1) is 22.6. The van der Waals surface area contributed by atoms with E-state index < -0.39 is 0 Å². The van der Waals surface area contributed by atoms with E-state index in [0.717, 1.165) is 51.6 Å². The Morgan fingerprint density at radius 2 is 1.85 bits per heavy atom. The monoisotopic (exact) mass is 496 g/mol. The summed E-state index contributed by atoms with van der Waals surface area (Å²) in [5, 5.41) is 3.72. The Kier molecular flexibility index (Phi) is 8.82. The van der Waals surface area contributed by atoms with Crippen LogP contribution in [-0.2, 0) is 4.74 Å². The maximum absolute atomic E-state index is 5.60. The molecule has 2 heterocycles. The number of likely N-dealkylation sites (N-methyl/N-ethyl adjacent to an activating group) is 1. The van der Waals surface area contributed by atoms with Gasteiger partial charge in [-0.25, -0.2) is 0 Å². The summed E-state index contributed by atoms with van der Waals surface area (Å²) in [6.45, 7) is 4.95. The summed E-state index contributed by atoms with van der Waals surface area (Å²) in [6.07, 6.45) is 9.15. The molecule has 5 nitrogen and oxygen atoms in total. The Morgan fingerprint density at radius 1 is 1.15 bits per heavy atom. The summed E-state index contributed by atoms with van der Waals surface area (Å²) < 4.78 is 6.08. The largest absolute Gasteiger partial charge is 0.381 e. The van der Waals surface area contributed by atoms with E-state index in [0.29, 0.717) is 4.75 Å². The summed E-state index contributed by atoms with van der Waals surface area (Å²) in [6, 6.07) is 0. The number of hydrogen-bond acceptors (Lipinski definition) is 4. The molecule has 2 aliphatic heterocycles. The second-order valence-electron chi connectivity index (χ2n) is 8.15. The lowest BCUT2D eigenvalue weighted by molar-refractivity contribution is -0.00527. The molecule has 0 bridgehead atoms. The van der Waals surface area contributed by atoms with Gasteiger partial charge in [0.25, 0.3) is 0 Å². The molecule has 152 valence electrons. The quantitative estimate of drug-likeness (QED) is 0.370. The minimum absolute atomic E-state index is 0. The molecule has 0 aromatic heterocycles. The second kappa shape index (κ2) is 10.2. The topological polar surface area (TPSA) is 40.1 Å². The number of nitrogens with one attached hydrogen (secondary N) is 1. The number of hydrogen-bond donors (Lipinski definition) is 1. The SMILES string of the molecule is CN=C(NCC1(N(C)C)CCOCC1)N1CCSC2(CCCCC2)C1.I. The van der Waals surface area contributed by atoms with E-state index in [2.05, 4.69) is 46.0 Å². The summed E-state index contributed by atoms with van der Waals surface area (Å²) >= 11 is 2.22. The van der Waals surface area contributed by atoms with E-state index in [-0.39, 0.29) is 29.5 Å². The molecule has 26 heavy (non-hydrogen) atoms. The number of guanidine groups is 1. The van der Waals surface area contributed by atoms with Crippen LogP contribution in [0.1, 0.15) is 44.9 Å². The number of ether oxygens (including phenoxy) is 1. The molecule has 0 aromatic carbocycles. The molecule has 1 saturated carbocycles. The van der Waals surface area contributed by atoms with Gasteiger partial charge in [-0.2, -0.15) is 11.8 Å². The fourth-order valence-corrected chi connectivity index (χ4v) is 6.20. The fraction of sp³-hybridized carbons (Fsp3) is 0.947. The van der Waals surface area contributed by atoms with Gasteiger partial charge in [0.2, 0.25) is 0 Å². The molecule has 0 radical (unpaired) electrons. The van der Waals surface area contributed by atoms with Gasteiger partial charge in [-0.15, -0.1) is 24.0 Å². The molecule has 0 atom stereocenters. The van der Waals surface area contributed by atoms with E-state index in [4.69, 9.17) is 4.74 Å². The van der Waals surface area contributed by atoms with Crippen LogP contribution in [0.2, 0.25) is 0 Å². The van der Waals surface area contributed by atoms with Gasteiger partial charge in [-0.1, -0.05) is 19.3 Å². The third-order valence-electron chi connectivity index (χ3n) is 6.47. The van der Waals surface area contributed by atoms with E-state index in [1.165, 1.54) is 37.9 Å². The van der Waals surface area contributed by atoms with Crippen molar-refractivity contribution in [2.75, 3.05) is 59.7 Å². The molecule has 1 aliphatic carbocycles. The average molecular weight is 497 g/mol. The first-order valence-electron chi connectivity index (χ1n) is 9.94. The van der Waals surface area contributed by atoms with E-state index >= 15 is 0 Å². The molecule has 2 saturated heterocycles. The van der Waals surface area contributed by atoms with Crippen molar-refractivity contribution in [1.29, 1.82) is 0 Å². The highest BCUT2D eigenvalue weighted by molar-refractivity contribution is 14.0. The van der Waals surface area contributed by atoms with E-state index in [1.807, 2.05) is 7.05 Å². The minimum Gasteiger partial charge on any atom is -0.381 e. The summed E-state index contributed by atoms with van der Waals surface area (Å²) in [5.74, 6) is 2.32. The van der Waals surface area contributed by atoms with Crippen LogP contribution in [-0.4, -0.2) is 85.8 Å². The zero-order valence-electron chi connectivity index (χ0n) is 16.8. The molecule has 7 heteroatoms. The number of rotatable bonds is 3. The van der Waals surface area contributed by atoms with Gasteiger partial charge < -0.3 is 19.9 Å².